The molecule has 0 saturated carbocycles. The van der Waals surface area contributed by atoms with Gasteiger partial charge in [0, 0.05) is 32.9 Å². The summed E-state index contributed by atoms with van der Waals surface area (Å²) in [6.45, 7) is 2.48. The van der Waals surface area contributed by atoms with Crippen molar-refractivity contribution < 1.29 is 9.59 Å². The Bertz CT molecular complexity index is 770. The quantitative estimate of drug-likeness (QED) is 0.682. The molecular formula is C16H15BrN2O2. The number of hydrogen-bond donors (Lipinski definition) is 1. The minimum Gasteiger partial charge on any atom is -0.397 e. The molecule has 0 saturated heterocycles. The number of amides is 2. The molecule has 1 aliphatic rings. The fourth-order valence-electron chi connectivity index (χ4n) is 2.72. The van der Waals surface area contributed by atoms with Crippen LogP contribution >= 0.6 is 15.9 Å². The van der Waals surface area contributed by atoms with Gasteiger partial charge in [-0.3, -0.25) is 14.5 Å². The van der Waals surface area contributed by atoms with E-state index >= 15 is 0 Å². The first-order valence-corrected chi connectivity index (χ1v) is 7.72. The number of nitrogen functional groups attached to an aromatic ring is 1. The van der Waals surface area contributed by atoms with Crippen LogP contribution in [0.25, 0.3) is 10.8 Å². The number of anilines is 1. The third-order valence-electron chi connectivity index (χ3n) is 3.84. The molecule has 21 heavy (non-hydrogen) atoms. The number of nitrogens with two attached hydrogens (primary N) is 1. The highest BCUT2D eigenvalue weighted by Crippen LogP contribution is 2.37. The van der Waals surface area contributed by atoms with Crippen LogP contribution in [0.4, 0.5) is 5.69 Å². The number of benzene rings is 2. The summed E-state index contributed by atoms with van der Waals surface area (Å²) in [5.41, 5.74) is 7.70. The van der Waals surface area contributed by atoms with E-state index in [2.05, 4.69) is 15.9 Å². The van der Waals surface area contributed by atoms with Crippen molar-refractivity contribution in [3.05, 3.63) is 39.9 Å². The first kappa shape index (κ1) is 14.1. The van der Waals surface area contributed by atoms with Gasteiger partial charge in [0.15, 0.2) is 0 Å². The summed E-state index contributed by atoms with van der Waals surface area (Å²) < 4.78 is 0.681. The van der Waals surface area contributed by atoms with Gasteiger partial charge >= 0.3 is 0 Å². The Kier molecular flexibility index (Phi) is 3.45. The van der Waals surface area contributed by atoms with Crippen LogP contribution in [0.5, 0.6) is 0 Å². The topological polar surface area (TPSA) is 63.4 Å². The largest absolute Gasteiger partial charge is 0.397 e. The first-order valence-electron chi connectivity index (χ1n) is 6.93. The maximum Gasteiger partial charge on any atom is 0.261 e. The number of hydrogen-bond acceptors (Lipinski definition) is 3. The summed E-state index contributed by atoms with van der Waals surface area (Å²) in [4.78, 5) is 26.5. The molecule has 3 rings (SSSR count). The summed E-state index contributed by atoms with van der Waals surface area (Å²) in [6, 6.07) is 7.11. The lowest BCUT2D eigenvalue weighted by atomic mass is 9.93. The van der Waals surface area contributed by atoms with E-state index in [1.165, 1.54) is 4.90 Å². The second-order valence-electron chi connectivity index (χ2n) is 5.16. The minimum absolute atomic E-state index is 0.228. The normalized spacial score (nSPS) is 14.1. The third kappa shape index (κ3) is 2.03. The molecule has 0 aromatic heterocycles. The molecule has 4 nitrogen and oxygen atoms in total. The van der Waals surface area contributed by atoms with Crippen molar-refractivity contribution in [3.63, 3.8) is 0 Å². The molecule has 2 amide bonds. The van der Waals surface area contributed by atoms with Gasteiger partial charge in [-0.15, -0.1) is 0 Å². The van der Waals surface area contributed by atoms with Crippen molar-refractivity contribution in [1.82, 2.24) is 4.90 Å². The zero-order chi connectivity index (χ0) is 15.1. The maximum atomic E-state index is 12.6. The van der Waals surface area contributed by atoms with Crippen LogP contribution in [-0.4, -0.2) is 23.3 Å². The zero-order valence-electron chi connectivity index (χ0n) is 11.6. The number of carbonyl (C=O) groups excluding carboxylic acids is 2. The molecule has 0 radical (unpaired) electrons. The Labute approximate surface area is 131 Å². The van der Waals surface area contributed by atoms with Gasteiger partial charge in [-0.1, -0.05) is 25.5 Å². The van der Waals surface area contributed by atoms with Gasteiger partial charge in [-0.05, 0) is 34.5 Å². The van der Waals surface area contributed by atoms with Crippen LogP contribution in [0.1, 0.15) is 40.5 Å². The molecule has 1 heterocycles. The number of unbranched alkanes of at least 4 members (excludes halogenated alkanes) is 1. The molecule has 0 atom stereocenters. The minimum atomic E-state index is -0.238. The van der Waals surface area contributed by atoms with Gasteiger partial charge in [0.2, 0.25) is 0 Å². The van der Waals surface area contributed by atoms with Gasteiger partial charge in [-0.25, -0.2) is 0 Å². The van der Waals surface area contributed by atoms with E-state index in [-0.39, 0.29) is 11.8 Å². The average Bonchev–Trinajstić information content (AvgIpc) is 2.49. The molecule has 0 spiro atoms. The maximum absolute atomic E-state index is 12.6. The number of nitrogens with zero attached hydrogens (tertiary/aromatic N) is 1. The highest BCUT2D eigenvalue weighted by atomic mass is 79.9. The van der Waals surface area contributed by atoms with Crippen LogP contribution in [-0.2, 0) is 0 Å². The number of halogens is 1. The summed E-state index contributed by atoms with van der Waals surface area (Å²) >= 11 is 3.39. The van der Waals surface area contributed by atoms with Crippen molar-refractivity contribution in [1.29, 1.82) is 0 Å². The lowest BCUT2D eigenvalue weighted by Crippen LogP contribution is -2.40. The van der Waals surface area contributed by atoms with E-state index in [1.54, 1.807) is 18.2 Å². The predicted octanol–water partition coefficient (Wildman–Crippen LogP) is 3.58. The molecule has 0 bridgehead atoms. The van der Waals surface area contributed by atoms with Crippen LogP contribution in [0, 0.1) is 0 Å². The van der Waals surface area contributed by atoms with E-state index in [9.17, 15) is 9.59 Å². The van der Waals surface area contributed by atoms with Crippen LogP contribution in [0.15, 0.2) is 28.7 Å². The predicted molar refractivity (Wildman–Crippen MR) is 86.3 cm³/mol. The van der Waals surface area contributed by atoms with E-state index in [1.807, 2.05) is 13.0 Å². The molecule has 0 aliphatic carbocycles. The van der Waals surface area contributed by atoms with Crippen LogP contribution < -0.4 is 5.73 Å². The van der Waals surface area contributed by atoms with Crippen molar-refractivity contribution in [2.75, 3.05) is 12.3 Å². The monoisotopic (exact) mass is 346 g/mol. The molecule has 1 aliphatic heterocycles. The highest BCUT2D eigenvalue weighted by Gasteiger charge is 2.33. The summed E-state index contributed by atoms with van der Waals surface area (Å²) in [5.74, 6) is -0.467. The van der Waals surface area contributed by atoms with Crippen LogP contribution in [0.2, 0.25) is 0 Å². The van der Waals surface area contributed by atoms with Gasteiger partial charge in [-0.2, -0.15) is 0 Å². The van der Waals surface area contributed by atoms with Crippen molar-refractivity contribution in [2.24, 2.45) is 0 Å². The SMILES string of the molecule is CCCCN1C(=O)c2cccc3c(N)c(Br)cc(c23)C1=O. The Hall–Kier alpha value is -1.88. The lowest BCUT2D eigenvalue weighted by Gasteiger charge is -2.27. The zero-order valence-corrected chi connectivity index (χ0v) is 13.2. The van der Waals surface area contributed by atoms with E-state index in [0.29, 0.717) is 33.2 Å². The standard InChI is InChI=1S/C16H15BrN2O2/c1-2-3-7-19-15(20)10-6-4-5-9-13(10)11(16(19)21)8-12(17)14(9)18/h4-6,8H,2-3,7,18H2,1H3. The molecule has 2 aromatic rings. The summed E-state index contributed by atoms with van der Waals surface area (Å²) in [6.07, 6.45) is 1.73. The van der Waals surface area contributed by atoms with Crippen molar-refractivity contribution in [2.45, 2.75) is 19.8 Å². The fourth-order valence-corrected chi connectivity index (χ4v) is 3.16. The highest BCUT2D eigenvalue weighted by molar-refractivity contribution is 9.10. The molecule has 2 N–H and O–H groups in total. The Morgan fingerprint density at radius 3 is 2.62 bits per heavy atom. The Morgan fingerprint density at radius 1 is 1.19 bits per heavy atom. The van der Waals surface area contributed by atoms with Crippen molar-refractivity contribution >= 4 is 44.2 Å². The Morgan fingerprint density at radius 2 is 1.90 bits per heavy atom. The van der Waals surface area contributed by atoms with E-state index in [0.717, 1.165) is 18.2 Å². The van der Waals surface area contributed by atoms with E-state index < -0.39 is 0 Å². The summed E-state index contributed by atoms with van der Waals surface area (Å²) in [5, 5.41) is 1.41. The Balaban J connectivity index is 2.28. The molecule has 0 unspecified atom stereocenters. The molecular weight excluding hydrogens is 332 g/mol. The van der Waals surface area contributed by atoms with Gasteiger partial charge in [0.1, 0.15) is 0 Å². The summed E-state index contributed by atoms with van der Waals surface area (Å²) in [7, 11) is 0. The van der Waals surface area contributed by atoms with Gasteiger partial charge in [0.25, 0.3) is 11.8 Å². The molecule has 5 heteroatoms. The second-order valence-corrected chi connectivity index (χ2v) is 6.02. The molecule has 0 fully saturated rings. The third-order valence-corrected chi connectivity index (χ3v) is 4.49. The van der Waals surface area contributed by atoms with Crippen LogP contribution in [0.3, 0.4) is 0 Å². The van der Waals surface area contributed by atoms with E-state index in [4.69, 9.17) is 5.73 Å². The van der Waals surface area contributed by atoms with Crippen molar-refractivity contribution in [3.8, 4) is 0 Å². The number of carbonyl (C=O) groups is 2. The second kappa shape index (κ2) is 5.15. The number of imide groups is 1. The number of rotatable bonds is 3. The van der Waals surface area contributed by atoms with Gasteiger partial charge in [0.05, 0.1) is 5.69 Å². The fraction of sp³-hybridized carbons (Fsp3) is 0.250. The van der Waals surface area contributed by atoms with Gasteiger partial charge < -0.3 is 5.73 Å². The lowest BCUT2D eigenvalue weighted by molar-refractivity contribution is 0.0608. The smallest absolute Gasteiger partial charge is 0.261 e. The molecule has 108 valence electrons. The first-order chi connectivity index (χ1) is 10.1. The average molecular weight is 347 g/mol. The molecule has 2 aromatic carbocycles.